The van der Waals surface area contributed by atoms with E-state index >= 15 is 0 Å². The van der Waals surface area contributed by atoms with Crippen LogP contribution in [0.5, 0.6) is 5.75 Å². The standard InChI is InChI=1S/C13H14N4O4/c1-8-11(17(18)19)12(16-13(14-8)21-3)15-9-4-6-10(20-2)7-5-9/h4-7,11H,1-3H3/t11-/m1/s1. The fraction of sp³-hybridized carbons (Fsp3) is 0.308. The maximum Gasteiger partial charge on any atom is 0.318 e. The molecular weight excluding hydrogens is 276 g/mol. The van der Waals surface area contributed by atoms with E-state index in [9.17, 15) is 10.1 Å². The molecule has 110 valence electrons. The van der Waals surface area contributed by atoms with E-state index in [0.717, 1.165) is 0 Å². The minimum absolute atomic E-state index is 0.0366. The number of benzene rings is 1. The highest BCUT2D eigenvalue weighted by Crippen LogP contribution is 2.20. The highest BCUT2D eigenvalue weighted by molar-refractivity contribution is 6.17. The molecular formula is C13H14N4O4. The van der Waals surface area contributed by atoms with E-state index in [1.165, 1.54) is 7.11 Å². The summed E-state index contributed by atoms with van der Waals surface area (Å²) < 4.78 is 9.98. The van der Waals surface area contributed by atoms with Gasteiger partial charge in [0.2, 0.25) is 5.84 Å². The molecule has 0 aromatic heterocycles. The Morgan fingerprint density at radius 3 is 2.38 bits per heavy atom. The van der Waals surface area contributed by atoms with Crippen molar-refractivity contribution in [3.05, 3.63) is 34.4 Å². The van der Waals surface area contributed by atoms with Crippen molar-refractivity contribution in [2.75, 3.05) is 14.2 Å². The Labute approximate surface area is 121 Å². The monoisotopic (exact) mass is 290 g/mol. The minimum atomic E-state index is -1.17. The van der Waals surface area contributed by atoms with Crippen molar-refractivity contribution in [3.8, 4) is 5.75 Å². The molecule has 1 aliphatic heterocycles. The summed E-state index contributed by atoms with van der Waals surface area (Å²) in [6.07, 6.45) is 0. The number of aliphatic imine (C=N–C) groups is 3. The number of methoxy groups -OCH3 is 2. The summed E-state index contributed by atoms with van der Waals surface area (Å²) in [4.78, 5) is 22.8. The van der Waals surface area contributed by atoms with E-state index in [4.69, 9.17) is 9.47 Å². The maximum atomic E-state index is 11.2. The maximum absolute atomic E-state index is 11.2. The molecule has 8 heteroatoms. The highest BCUT2D eigenvalue weighted by atomic mass is 16.6. The molecule has 0 bridgehead atoms. The van der Waals surface area contributed by atoms with Crippen LogP contribution in [0.25, 0.3) is 0 Å². The van der Waals surface area contributed by atoms with Crippen LogP contribution >= 0.6 is 0 Å². The summed E-state index contributed by atoms with van der Waals surface area (Å²) in [5.74, 6) is 0.710. The number of hydrogen-bond donors (Lipinski definition) is 0. The summed E-state index contributed by atoms with van der Waals surface area (Å²) in [6.45, 7) is 1.55. The van der Waals surface area contributed by atoms with Crippen LogP contribution in [0, 0.1) is 10.1 Å². The molecule has 1 aliphatic rings. The summed E-state index contributed by atoms with van der Waals surface area (Å²) in [5.41, 5.74) is 0.811. The fourth-order valence-corrected chi connectivity index (χ4v) is 1.80. The molecule has 1 aromatic carbocycles. The third-order valence-electron chi connectivity index (χ3n) is 2.83. The quantitative estimate of drug-likeness (QED) is 0.626. The van der Waals surface area contributed by atoms with Crippen molar-refractivity contribution < 1.29 is 14.4 Å². The average Bonchev–Trinajstić information content (AvgIpc) is 2.47. The summed E-state index contributed by atoms with van der Waals surface area (Å²) >= 11 is 0. The van der Waals surface area contributed by atoms with Gasteiger partial charge in [0.25, 0.3) is 0 Å². The van der Waals surface area contributed by atoms with Crippen LogP contribution in [0.15, 0.2) is 39.2 Å². The first kappa shape index (κ1) is 14.6. The van der Waals surface area contributed by atoms with E-state index in [1.807, 2.05) is 0 Å². The van der Waals surface area contributed by atoms with Gasteiger partial charge in [-0.15, -0.1) is 0 Å². The van der Waals surface area contributed by atoms with E-state index in [2.05, 4.69) is 15.0 Å². The molecule has 0 fully saturated rings. The number of amidine groups is 2. The zero-order chi connectivity index (χ0) is 15.4. The first-order valence-electron chi connectivity index (χ1n) is 6.09. The second kappa shape index (κ2) is 6.12. The lowest BCUT2D eigenvalue weighted by atomic mass is 10.1. The highest BCUT2D eigenvalue weighted by Gasteiger charge is 2.35. The normalized spacial score (nSPS) is 19.8. The number of ether oxygens (including phenoxy) is 2. The molecule has 0 radical (unpaired) electrons. The van der Waals surface area contributed by atoms with Crippen molar-refractivity contribution in [3.63, 3.8) is 0 Å². The van der Waals surface area contributed by atoms with E-state index in [1.54, 1.807) is 38.3 Å². The summed E-state index contributed by atoms with van der Waals surface area (Å²) in [7, 11) is 2.95. The first-order valence-corrected chi connectivity index (χ1v) is 6.09. The largest absolute Gasteiger partial charge is 0.497 e. The molecule has 0 saturated carbocycles. The molecule has 21 heavy (non-hydrogen) atoms. The molecule has 1 aromatic rings. The number of nitro groups is 1. The number of hydrogen-bond acceptors (Lipinski definition) is 6. The topological polar surface area (TPSA) is 98.7 Å². The Bertz CT molecular complexity index is 634. The van der Waals surface area contributed by atoms with Gasteiger partial charge in [0.05, 0.1) is 19.9 Å². The molecule has 8 nitrogen and oxygen atoms in total. The van der Waals surface area contributed by atoms with Gasteiger partial charge in [0.1, 0.15) is 11.5 Å². The van der Waals surface area contributed by atoms with Gasteiger partial charge in [-0.1, -0.05) is 0 Å². The van der Waals surface area contributed by atoms with Crippen LogP contribution < -0.4 is 4.74 Å². The second-order valence-electron chi connectivity index (χ2n) is 4.21. The Morgan fingerprint density at radius 2 is 1.86 bits per heavy atom. The van der Waals surface area contributed by atoms with Crippen LogP contribution in [-0.2, 0) is 4.74 Å². The molecule has 0 aliphatic carbocycles. The van der Waals surface area contributed by atoms with Gasteiger partial charge in [-0.25, -0.2) is 4.99 Å². The molecule has 0 saturated heterocycles. The molecule has 0 unspecified atom stereocenters. The van der Waals surface area contributed by atoms with E-state index in [0.29, 0.717) is 11.4 Å². The Morgan fingerprint density at radius 1 is 1.19 bits per heavy atom. The van der Waals surface area contributed by atoms with Crippen molar-refractivity contribution >= 4 is 23.3 Å². The molecule has 2 rings (SSSR count). The fourth-order valence-electron chi connectivity index (χ4n) is 1.80. The molecule has 0 N–H and O–H groups in total. The van der Waals surface area contributed by atoms with Crippen LogP contribution in [-0.4, -0.2) is 42.8 Å². The lowest BCUT2D eigenvalue weighted by Crippen LogP contribution is -2.39. The first-order chi connectivity index (χ1) is 10.0. The van der Waals surface area contributed by atoms with Gasteiger partial charge in [0, 0.05) is 4.92 Å². The molecule has 0 spiro atoms. The van der Waals surface area contributed by atoms with Crippen LogP contribution in [0.4, 0.5) is 5.69 Å². The predicted octanol–water partition coefficient (Wildman–Crippen LogP) is 1.85. The number of nitrogens with zero attached hydrogens (tertiary/aromatic N) is 4. The van der Waals surface area contributed by atoms with Gasteiger partial charge in [0.15, 0.2) is 0 Å². The molecule has 1 heterocycles. The van der Waals surface area contributed by atoms with Gasteiger partial charge < -0.3 is 9.47 Å². The van der Waals surface area contributed by atoms with Gasteiger partial charge in [-0.05, 0) is 31.2 Å². The van der Waals surface area contributed by atoms with Crippen LogP contribution in [0.2, 0.25) is 0 Å². The predicted molar refractivity (Wildman–Crippen MR) is 78.4 cm³/mol. The van der Waals surface area contributed by atoms with E-state index < -0.39 is 11.0 Å². The Kier molecular flexibility index (Phi) is 4.27. The third-order valence-corrected chi connectivity index (χ3v) is 2.83. The average molecular weight is 290 g/mol. The van der Waals surface area contributed by atoms with Gasteiger partial charge in [-0.3, -0.25) is 10.1 Å². The van der Waals surface area contributed by atoms with E-state index in [-0.39, 0.29) is 17.6 Å². The van der Waals surface area contributed by atoms with Crippen molar-refractivity contribution in [2.45, 2.75) is 13.0 Å². The molecule has 0 amide bonds. The second-order valence-corrected chi connectivity index (χ2v) is 4.21. The lowest BCUT2D eigenvalue weighted by Gasteiger charge is -2.14. The van der Waals surface area contributed by atoms with Gasteiger partial charge >= 0.3 is 12.1 Å². The lowest BCUT2D eigenvalue weighted by molar-refractivity contribution is -0.484. The Hall–Kier alpha value is -2.77. The summed E-state index contributed by atoms with van der Waals surface area (Å²) in [6, 6.07) is 5.68. The minimum Gasteiger partial charge on any atom is -0.497 e. The Balaban J connectivity index is 2.41. The zero-order valence-electron chi connectivity index (χ0n) is 11.8. The zero-order valence-corrected chi connectivity index (χ0v) is 11.8. The van der Waals surface area contributed by atoms with Crippen molar-refractivity contribution in [1.29, 1.82) is 0 Å². The third kappa shape index (κ3) is 3.22. The summed E-state index contributed by atoms with van der Waals surface area (Å²) in [5, 5.41) is 11.2. The van der Waals surface area contributed by atoms with Gasteiger partial charge in [-0.2, -0.15) is 9.98 Å². The van der Waals surface area contributed by atoms with Crippen LogP contribution in [0.1, 0.15) is 6.92 Å². The SMILES string of the molecule is COC1=NC(=Nc2ccc(OC)cc2)[C@H]([N+](=O)[O-])C(C)=N1. The van der Waals surface area contributed by atoms with Crippen molar-refractivity contribution in [2.24, 2.45) is 15.0 Å². The molecule has 1 atom stereocenters. The van der Waals surface area contributed by atoms with Crippen molar-refractivity contribution in [1.82, 2.24) is 0 Å². The smallest absolute Gasteiger partial charge is 0.318 e. The van der Waals surface area contributed by atoms with Crippen LogP contribution in [0.3, 0.4) is 0 Å². The number of rotatable bonds is 3.